The molecule has 1 saturated carbocycles. The maximum Gasteiger partial charge on any atom is 0.138 e. The van der Waals surface area contributed by atoms with E-state index in [4.69, 9.17) is 5.73 Å². The molecule has 1 fully saturated rings. The van der Waals surface area contributed by atoms with Crippen LogP contribution in [0.2, 0.25) is 0 Å². The number of aromatic nitrogens is 2. The first kappa shape index (κ1) is 13.8. The first-order chi connectivity index (χ1) is 9.65. The van der Waals surface area contributed by atoms with Crippen molar-refractivity contribution in [3.8, 4) is 0 Å². The van der Waals surface area contributed by atoms with Gasteiger partial charge < -0.3 is 11.1 Å². The zero-order valence-corrected chi connectivity index (χ0v) is 13.0. The van der Waals surface area contributed by atoms with Crippen LogP contribution in [0.3, 0.4) is 0 Å². The van der Waals surface area contributed by atoms with Crippen molar-refractivity contribution in [3.05, 3.63) is 16.8 Å². The molecule has 108 valence electrons. The van der Waals surface area contributed by atoms with Crippen LogP contribution < -0.4 is 11.1 Å². The molecule has 4 nitrogen and oxygen atoms in total. The fourth-order valence-electron chi connectivity index (χ4n) is 3.17. The van der Waals surface area contributed by atoms with Gasteiger partial charge in [0.15, 0.2) is 0 Å². The Morgan fingerprint density at radius 3 is 2.75 bits per heavy atom. The lowest BCUT2D eigenvalue weighted by molar-refractivity contribution is 0.332. The molecule has 1 aliphatic rings. The summed E-state index contributed by atoms with van der Waals surface area (Å²) in [6.07, 6.45) is 6.71. The van der Waals surface area contributed by atoms with E-state index in [2.05, 4.69) is 29.1 Å². The highest BCUT2D eigenvalue weighted by Gasteiger charge is 2.32. The minimum Gasteiger partial charge on any atom is -0.369 e. The summed E-state index contributed by atoms with van der Waals surface area (Å²) in [6.45, 7) is 5.97. The summed E-state index contributed by atoms with van der Waals surface area (Å²) in [7, 11) is 0. The first-order valence-corrected chi connectivity index (χ1v) is 8.11. The highest BCUT2D eigenvalue weighted by atomic mass is 32.1. The van der Waals surface area contributed by atoms with Crippen LogP contribution in [-0.2, 0) is 0 Å². The Balaban J connectivity index is 1.87. The molecule has 0 bridgehead atoms. The van der Waals surface area contributed by atoms with Gasteiger partial charge in [0.1, 0.15) is 17.0 Å². The van der Waals surface area contributed by atoms with E-state index < -0.39 is 0 Å². The van der Waals surface area contributed by atoms with Gasteiger partial charge >= 0.3 is 0 Å². The summed E-state index contributed by atoms with van der Waals surface area (Å²) < 4.78 is 0. The van der Waals surface area contributed by atoms with E-state index in [1.165, 1.54) is 41.5 Å². The monoisotopic (exact) mass is 290 g/mol. The highest BCUT2D eigenvalue weighted by molar-refractivity contribution is 7.18. The van der Waals surface area contributed by atoms with E-state index >= 15 is 0 Å². The lowest BCUT2D eigenvalue weighted by Crippen LogP contribution is -2.34. The topological polar surface area (TPSA) is 63.8 Å². The molecule has 1 aliphatic carbocycles. The predicted molar refractivity (Wildman–Crippen MR) is 85.3 cm³/mol. The molecule has 3 rings (SSSR count). The SMILES string of the molecule is Cc1sc2ncnc(NCC3(CN)CCCC3)c2c1C. The van der Waals surface area contributed by atoms with Crippen molar-refractivity contribution >= 4 is 27.4 Å². The molecule has 0 amide bonds. The number of hydrogen-bond acceptors (Lipinski definition) is 5. The minimum absolute atomic E-state index is 0.260. The van der Waals surface area contributed by atoms with Gasteiger partial charge in [-0.3, -0.25) is 0 Å². The molecule has 5 heteroatoms. The number of thiophene rings is 1. The van der Waals surface area contributed by atoms with Crippen LogP contribution in [-0.4, -0.2) is 23.1 Å². The minimum atomic E-state index is 0.260. The first-order valence-electron chi connectivity index (χ1n) is 7.30. The third kappa shape index (κ3) is 2.29. The molecule has 0 atom stereocenters. The summed E-state index contributed by atoms with van der Waals surface area (Å²) in [5.41, 5.74) is 7.56. The molecule has 0 aromatic carbocycles. The number of aryl methyl sites for hydroxylation is 2. The van der Waals surface area contributed by atoms with Crippen LogP contribution in [0, 0.1) is 19.3 Å². The zero-order valence-electron chi connectivity index (χ0n) is 12.2. The van der Waals surface area contributed by atoms with Crippen molar-refractivity contribution in [2.45, 2.75) is 39.5 Å². The van der Waals surface area contributed by atoms with E-state index in [0.29, 0.717) is 0 Å². The van der Waals surface area contributed by atoms with E-state index in [9.17, 15) is 0 Å². The van der Waals surface area contributed by atoms with Crippen molar-refractivity contribution in [3.63, 3.8) is 0 Å². The lowest BCUT2D eigenvalue weighted by Gasteiger charge is -2.27. The number of rotatable bonds is 4. The molecule has 3 N–H and O–H groups in total. The molecule has 20 heavy (non-hydrogen) atoms. The van der Waals surface area contributed by atoms with Gasteiger partial charge in [-0.2, -0.15) is 0 Å². The van der Waals surface area contributed by atoms with Gasteiger partial charge in [0, 0.05) is 11.4 Å². The molecular weight excluding hydrogens is 268 g/mol. The van der Waals surface area contributed by atoms with Crippen LogP contribution >= 0.6 is 11.3 Å². The summed E-state index contributed by atoms with van der Waals surface area (Å²) in [5.74, 6) is 0.969. The van der Waals surface area contributed by atoms with E-state index in [0.717, 1.165) is 23.7 Å². The second-order valence-electron chi connectivity index (χ2n) is 5.95. The number of nitrogens with two attached hydrogens (primary N) is 1. The van der Waals surface area contributed by atoms with Crippen LogP contribution in [0.15, 0.2) is 6.33 Å². The Hall–Kier alpha value is -1.20. The fraction of sp³-hybridized carbons (Fsp3) is 0.600. The van der Waals surface area contributed by atoms with Crippen LogP contribution in [0.4, 0.5) is 5.82 Å². The Bertz CT molecular complexity index is 614. The summed E-state index contributed by atoms with van der Waals surface area (Å²) in [6, 6.07) is 0. The van der Waals surface area contributed by atoms with Gasteiger partial charge in [-0.1, -0.05) is 12.8 Å². The van der Waals surface area contributed by atoms with Crippen LogP contribution in [0.25, 0.3) is 10.2 Å². The van der Waals surface area contributed by atoms with E-state index in [1.807, 2.05) is 0 Å². The average Bonchev–Trinajstić information content (AvgIpc) is 3.04. The summed E-state index contributed by atoms with van der Waals surface area (Å²) in [5, 5.41) is 4.73. The Morgan fingerprint density at radius 2 is 2.05 bits per heavy atom. The predicted octanol–water partition coefficient (Wildman–Crippen LogP) is 3.24. The Morgan fingerprint density at radius 1 is 1.30 bits per heavy atom. The van der Waals surface area contributed by atoms with Crippen molar-refractivity contribution in [2.75, 3.05) is 18.4 Å². The second-order valence-corrected chi connectivity index (χ2v) is 7.15. The number of nitrogens with one attached hydrogen (secondary N) is 1. The van der Waals surface area contributed by atoms with Gasteiger partial charge in [-0.05, 0) is 44.2 Å². The van der Waals surface area contributed by atoms with Gasteiger partial charge in [-0.25, -0.2) is 9.97 Å². The van der Waals surface area contributed by atoms with Crippen molar-refractivity contribution in [2.24, 2.45) is 11.1 Å². The number of fused-ring (bicyclic) bond motifs is 1. The van der Waals surface area contributed by atoms with E-state index in [1.54, 1.807) is 17.7 Å². The van der Waals surface area contributed by atoms with Crippen molar-refractivity contribution < 1.29 is 0 Å². The molecule has 0 unspecified atom stereocenters. The molecular formula is C15H22N4S. The number of hydrogen-bond donors (Lipinski definition) is 2. The fourth-order valence-corrected chi connectivity index (χ4v) is 4.16. The maximum atomic E-state index is 6.01. The largest absolute Gasteiger partial charge is 0.369 e. The zero-order chi connectivity index (χ0) is 14.2. The smallest absolute Gasteiger partial charge is 0.138 e. The molecule has 0 saturated heterocycles. The summed E-state index contributed by atoms with van der Waals surface area (Å²) in [4.78, 5) is 11.2. The maximum absolute atomic E-state index is 6.01. The van der Waals surface area contributed by atoms with Crippen molar-refractivity contribution in [1.29, 1.82) is 0 Å². The number of anilines is 1. The Labute approximate surface area is 123 Å². The van der Waals surface area contributed by atoms with E-state index in [-0.39, 0.29) is 5.41 Å². The molecule has 0 spiro atoms. The molecule has 0 radical (unpaired) electrons. The summed E-state index contributed by atoms with van der Waals surface area (Å²) >= 11 is 1.74. The average molecular weight is 290 g/mol. The molecule has 2 aromatic heterocycles. The molecule has 2 heterocycles. The lowest BCUT2D eigenvalue weighted by atomic mass is 9.86. The number of nitrogens with zero attached hydrogens (tertiary/aromatic N) is 2. The Kier molecular flexibility index (Phi) is 3.65. The van der Waals surface area contributed by atoms with Crippen molar-refractivity contribution in [1.82, 2.24) is 9.97 Å². The van der Waals surface area contributed by atoms with Gasteiger partial charge in [0.2, 0.25) is 0 Å². The van der Waals surface area contributed by atoms with Gasteiger partial charge in [0.05, 0.1) is 5.39 Å². The van der Waals surface area contributed by atoms with Gasteiger partial charge in [0.25, 0.3) is 0 Å². The third-order valence-electron chi connectivity index (χ3n) is 4.69. The third-order valence-corrected chi connectivity index (χ3v) is 5.81. The normalized spacial score (nSPS) is 17.8. The second kappa shape index (κ2) is 5.30. The van der Waals surface area contributed by atoms with Gasteiger partial charge in [-0.15, -0.1) is 11.3 Å². The standard InChI is InChI=1S/C15H22N4S/c1-10-11(2)20-14-12(10)13(18-9-19-14)17-8-15(7-16)5-3-4-6-15/h9H,3-8,16H2,1-2H3,(H,17,18,19). The quantitative estimate of drug-likeness (QED) is 0.907. The molecule has 2 aromatic rings. The molecule has 0 aliphatic heterocycles. The van der Waals surface area contributed by atoms with Crippen LogP contribution in [0.1, 0.15) is 36.1 Å². The highest BCUT2D eigenvalue weighted by Crippen LogP contribution is 2.38. The van der Waals surface area contributed by atoms with Crippen LogP contribution in [0.5, 0.6) is 0 Å².